The summed E-state index contributed by atoms with van der Waals surface area (Å²) in [5, 5.41) is 0. The highest BCUT2D eigenvalue weighted by atomic mass is 16.1. The average Bonchev–Trinajstić information content (AvgIpc) is 2.21. The minimum absolute atomic E-state index is 0.0768. The van der Waals surface area contributed by atoms with Crippen molar-refractivity contribution in [2.24, 2.45) is 0 Å². The van der Waals surface area contributed by atoms with Gasteiger partial charge in [0.05, 0.1) is 0 Å². The van der Waals surface area contributed by atoms with E-state index in [0.29, 0.717) is 0 Å². The van der Waals surface area contributed by atoms with Crippen molar-refractivity contribution in [1.82, 2.24) is 4.57 Å². The summed E-state index contributed by atoms with van der Waals surface area (Å²) in [4.78, 5) is 10.8. The van der Waals surface area contributed by atoms with Crippen molar-refractivity contribution in [3.8, 4) is 0 Å². The van der Waals surface area contributed by atoms with E-state index in [1.165, 1.54) is 12.8 Å². The highest BCUT2D eigenvalue weighted by Crippen LogP contribution is 2.01. The highest BCUT2D eigenvalue weighted by molar-refractivity contribution is 4.93. The lowest BCUT2D eigenvalue weighted by Gasteiger charge is -2.04. The fourth-order valence-corrected chi connectivity index (χ4v) is 1.35. The summed E-state index contributed by atoms with van der Waals surface area (Å²) >= 11 is 0. The van der Waals surface area contributed by atoms with Gasteiger partial charge in [0.25, 0.3) is 0 Å². The lowest BCUT2D eigenvalue weighted by molar-refractivity contribution is 0.588. The minimum atomic E-state index is 0.0768. The summed E-state index contributed by atoms with van der Waals surface area (Å²) in [7, 11) is 0. The van der Waals surface area contributed by atoms with E-state index in [-0.39, 0.29) is 5.43 Å². The summed E-state index contributed by atoms with van der Waals surface area (Å²) in [6, 6.07) is 3.20. The van der Waals surface area contributed by atoms with E-state index in [1.54, 1.807) is 12.1 Å². The van der Waals surface area contributed by atoms with Gasteiger partial charge in [-0.2, -0.15) is 0 Å². The number of unbranched alkanes of at least 4 members (excludes halogenated alkanes) is 3. The van der Waals surface area contributed by atoms with Crippen molar-refractivity contribution in [2.75, 3.05) is 0 Å². The molecule has 0 aliphatic carbocycles. The van der Waals surface area contributed by atoms with Crippen molar-refractivity contribution in [2.45, 2.75) is 32.2 Å². The van der Waals surface area contributed by atoms with Crippen LogP contribution in [0.25, 0.3) is 0 Å². The van der Waals surface area contributed by atoms with Gasteiger partial charge in [0.1, 0.15) is 0 Å². The molecule has 0 unspecified atom stereocenters. The molecule has 0 aliphatic heterocycles. The van der Waals surface area contributed by atoms with Crippen LogP contribution in [-0.2, 0) is 6.54 Å². The fourth-order valence-electron chi connectivity index (χ4n) is 1.35. The molecule has 1 aromatic rings. The quantitative estimate of drug-likeness (QED) is 0.500. The molecule has 1 rings (SSSR count). The zero-order valence-corrected chi connectivity index (χ0v) is 8.48. The van der Waals surface area contributed by atoms with Gasteiger partial charge in [-0.3, -0.25) is 4.79 Å². The Morgan fingerprint density at radius 1 is 1.21 bits per heavy atom. The molecule has 0 saturated heterocycles. The average molecular weight is 191 g/mol. The van der Waals surface area contributed by atoms with E-state index in [4.69, 9.17) is 0 Å². The third-order valence-electron chi connectivity index (χ3n) is 2.19. The fraction of sp³-hybridized carbons (Fsp3) is 0.417. The first-order valence-electron chi connectivity index (χ1n) is 5.10. The molecule has 0 fully saturated rings. The van der Waals surface area contributed by atoms with Crippen LogP contribution in [0.3, 0.4) is 0 Å². The Bertz CT molecular complexity index is 307. The summed E-state index contributed by atoms with van der Waals surface area (Å²) < 4.78 is 2.05. The highest BCUT2D eigenvalue weighted by Gasteiger charge is 1.90. The van der Waals surface area contributed by atoms with Gasteiger partial charge in [-0.1, -0.05) is 12.5 Å². The number of aromatic nitrogens is 1. The number of aryl methyl sites for hydroxylation is 1. The third kappa shape index (κ3) is 4.08. The lowest BCUT2D eigenvalue weighted by atomic mass is 10.2. The van der Waals surface area contributed by atoms with Gasteiger partial charge < -0.3 is 4.57 Å². The molecule has 1 aromatic heterocycles. The Morgan fingerprint density at radius 2 is 1.93 bits per heavy atom. The molecule has 0 spiro atoms. The van der Waals surface area contributed by atoms with Crippen LogP contribution >= 0.6 is 0 Å². The molecule has 0 saturated carbocycles. The Balaban J connectivity index is 2.21. The van der Waals surface area contributed by atoms with E-state index in [0.717, 1.165) is 19.4 Å². The maximum atomic E-state index is 10.8. The van der Waals surface area contributed by atoms with E-state index < -0.39 is 0 Å². The maximum Gasteiger partial charge on any atom is 0.181 e. The molecular weight excluding hydrogens is 174 g/mol. The number of nitrogens with zero attached hydrogens (tertiary/aromatic N) is 1. The predicted octanol–water partition coefficient (Wildman–Crippen LogP) is 2.59. The smallest absolute Gasteiger partial charge is 0.181 e. The molecule has 0 aromatic carbocycles. The molecule has 0 aliphatic rings. The molecule has 76 valence electrons. The maximum absolute atomic E-state index is 10.8. The lowest BCUT2D eigenvalue weighted by Crippen LogP contribution is -2.03. The Kier molecular flexibility index (Phi) is 4.76. The van der Waals surface area contributed by atoms with Crippen molar-refractivity contribution in [3.05, 3.63) is 47.4 Å². The summed E-state index contributed by atoms with van der Waals surface area (Å²) in [6.45, 7) is 4.68. The summed E-state index contributed by atoms with van der Waals surface area (Å²) in [5.41, 5.74) is 0.0768. The molecule has 0 atom stereocenters. The summed E-state index contributed by atoms with van der Waals surface area (Å²) in [6.07, 6.45) is 10.3. The first-order valence-corrected chi connectivity index (χ1v) is 5.10. The molecule has 0 radical (unpaired) electrons. The molecule has 2 nitrogen and oxygen atoms in total. The second kappa shape index (κ2) is 6.19. The van der Waals surface area contributed by atoms with Crippen LogP contribution in [0.4, 0.5) is 0 Å². The van der Waals surface area contributed by atoms with E-state index in [2.05, 4.69) is 11.1 Å². The van der Waals surface area contributed by atoms with Crippen LogP contribution in [0.5, 0.6) is 0 Å². The molecule has 14 heavy (non-hydrogen) atoms. The van der Waals surface area contributed by atoms with Crippen LogP contribution in [0.15, 0.2) is 42.0 Å². The molecule has 0 bridgehead atoms. The predicted molar refractivity (Wildman–Crippen MR) is 59.4 cm³/mol. The van der Waals surface area contributed by atoms with Crippen LogP contribution in [0.2, 0.25) is 0 Å². The van der Waals surface area contributed by atoms with Gasteiger partial charge in [-0.25, -0.2) is 0 Å². The Labute approximate surface area is 84.9 Å². The molecular formula is C12H17NO. The van der Waals surface area contributed by atoms with Crippen molar-refractivity contribution < 1.29 is 0 Å². The largest absolute Gasteiger partial charge is 0.354 e. The Morgan fingerprint density at radius 3 is 2.57 bits per heavy atom. The monoisotopic (exact) mass is 191 g/mol. The topological polar surface area (TPSA) is 22.0 Å². The molecule has 0 amide bonds. The van der Waals surface area contributed by atoms with Crippen LogP contribution in [-0.4, -0.2) is 4.57 Å². The zero-order chi connectivity index (χ0) is 10.2. The number of rotatable bonds is 6. The summed E-state index contributed by atoms with van der Waals surface area (Å²) in [5.74, 6) is 0. The van der Waals surface area contributed by atoms with Gasteiger partial charge in [0.2, 0.25) is 0 Å². The second-order valence-electron chi connectivity index (χ2n) is 3.41. The van der Waals surface area contributed by atoms with Gasteiger partial charge in [-0.15, -0.1) is 6.58 Å². The number of hydrogen-bond acceptors (Lipinski definition) is 1. The standard InChI is InChI=1S/C12H17NO/c1-2-3-4-5-6-9-13-10-7-12(14)8-11-13/h2,7-8,10-11H,1,3-6,9H2. The second-order valence-corrected chi connectivity index (χ2v) is 3.41. The van der Waals surface area contributed by atoms with Gasteiger partial charge >= 0.3 is 0 Å². The van der Waals surface area contributed by atoms with Crippen molar-refractivity contribution in [1.29, 1.82) is 0 Å². The van der Waals surface area contributed by atoms with E-state index in [9.17, 15) is 4.79 Å². The number of pyridine rings is 1. The molecule has 1 heterocycles. The normalized spacial score (nSPS) is 10.0. The van der Waals surface area contributed by atoms with Gasteiger partial charge in [-0.05, 0) is 19.3 Å². The number of hydrogen-bond donors (Lipinski definition) is 0. The number of allylic oxidation sites excluding steroid dienone is 1. The van der Waals surface area contributed by atoms with Crippen molar-refractivity contribution >= 4 is 0 Å². The Hall–Kier alpha value is -1.31. The first kappa shape index (κ1) is 10.8. The van der Waals surface area contributed by atoms with Crippen LogP contribution < -0.4 is 5.43 Å². The van der Waals surface area contributed by atoms with Crippen LogP contribution in [0.1, 0.15) is 25.7 Å². The first-order chi connectivity index (χ1) is 6.83. The van der Waals surface area contributed by atoms with Gasteiger partial charge in [0.15, 0.2) is 5.43 Å². The minimum Gasteiger partial charge on any atom is -0.354 e. The molecule has 2 heteroatoms. The SMILES string of the molecule is C=CCCCCCn1ccc(=O)cc1. The zero-order valence-electron chi connectivity index (χ0n) is 8.48. The van der Waals surface area contributed by atoms with E-state index in [1.807, 2.05) is 18.5 Å². The van der Waals surface area contributed by atoms with Crippen molar-refractivity contribution in [3.63, 3.8) is 0 Å². The van der Waals surface area contributed by atoms with Crippen LogP contribution in [0, 0.1) is 0 Å². The van der Waals surface area contributed by atoms with E-state index >= 15 is 0 Å². The molecule has 0 N–H and O–H groups in total. The van der Waals surface area contributed by atoms with Gasteiger partial charge in [0, 0.05) is 31.1 Å². The third-order valence-corrected chi connectivity index (χ3v) is 2.19.